The Labute approximate surface area is 118 Å². The van der Waals surface area contributed by atoms with E-state index in [9.17, 15) is 23.3 Å². The summed E-state index contributed by atoms with van der Waals surface area (Å²) in [6, 6.07) is 5.52. The van der Waals surface area contributed by atoms with Crippen LogP contribution in [0.4, 0.5) is 10.5 Å². The lowest BCUT2D eigenvalue weighted by molar-refractivity contribution is -0.386. The lowest BCUT2D eigenvalue weighted by atomic mass is 10.0. The van der Waals surface area contributed by atoms with Crippen molar-refractivity contribution in [3.05, 3.63) is 39.9 Å². The molecule has 0 bridgehead atoms. The molecule has 1 saturated heterocycles. The smallest absolute Gasteiger partial charge is 0.425 e. The molecule has 1 aromatic rings. The summed E-state index contributed by atoms with van der Waals surface area (Å²) >= 11 is 0. The molecule has 1 aliphatic rings. The fourth-order valence-electron chi connectivity index (χ4n) is 1.89. The third kappa shape index (κ3) is 3.65. The summed E-state index contributed by atoms with van der Waals surface area (Å²) in [7, 11) is -4.49. The van der Waals surface area contributed by atoms with Gasteiger partial charge in [-0.25, -0.2) is 4.79 Å². The Bertz CT molecular complexity index is 673. The number of nitro benzene ring substituents is 1. The zero-order valence-electron chi connectivity index (χ0n) is 10.3. The van der Waals surface area contributed by atoms with Crippen LogP contribution in [0.25, 0.3) is 0 Å². The van der Waals surface area contributed by atoms with Gasteiger partial charge in [-0.1, -0.05) is 12.1 Å². The molecule has 1 heterocycles. The maximum atomic E-state index is 11.2. The highest BCUT2D eigenvalue weighted by atomic mass is 32.2. The van der Waals surface area contributed by atoms with Gasteiger partial charge in [0.1, 0.15) is 0 Å². The van der Waals surface area contributed by atoms with Gasteiger partial charge in [0.05, 0.1) is 17.0 Å². The number of carbonyl (C=O) groups excluding carboxylic acids is 1. The molecule has 0 saturated carbocycles. The molecule has 0 aliphatic carbocycles. The minimum atomic E-state index is -4.49. The van der Waals surface area contributed by atoms with Crippen LogP contribution in [0.3, 0.4) is 0 Å². The minimum Gasteiger partial charge on any atom is -0.425 e. The molecular formula is C10H10N2O8S. The van der Waals surface area contributed by atoms with Crippen molar-refractivity contribution in [1.29, 1.82) is 0 Å². The van der Waals surface area contributed by atoms with Crippen molar-refractivity contribution in [2.45, 2.75) is 12.2 Å². The third-order valence-electron chi connectivity index (χ3n) is 2.72. The number of carbonyl (C=O) groups is 1. The quantitative estimate of drug-likeness (QED) is 0.347. The average Bonchev–Trinajstić information content (AvgIpc) is 2.76. The molecule has 1 fully saturated rings. The number of hydrogen-bond donors (Lipinski definition) is 2. The van der Waals surface area contributed by atoms with Gasteiger partial charge in [0.25, 0.3) is 5.69 Å². The molecule has 2 rings (SSSR count). The second-order valence-electron chi connectivity index (χ2n) is 4.08. The Morgan fingerprint density at radius 3 is 2.62 bits per heavy atom. The van der Waals surface area contributed by atoms with Crippen LogP contribution in [0.1, 0.15) is 11.7 Å². The maximum absolute atomic E-state index is 11.2. The fraction of sp³-hybridized carbons (Fsp3) is 0.300. The number of nitro groups is 1. The molecule has 21 heavy (non-hydrogen) atoms. The molecule has 11 heteroatoms. The summed E-state index contributed by atoms with van der Waals surface area (Å²) in [6.45, 7) is -0.485. The van der Waals surface area contributed by atoms with Crippen LogP contribution in [0.15, 0.2) is 24.3 Å². The molecular weight excluding hydrogens is 308 g/mol. The van der Waals surface area contributed by atoms with Crippen LogP contribution in [-0.4, -0.2) is 36.7 Å². The standard InChI is InChI=1S/C10H10N2O8S/c13-10-19-8(5-11-21(16,17)18)9(20-10)6-3-1-2-4-7(6)12(14)15/h1-4,8-9,11H,5H2,(H,16,17,18). The molecule has 1 aromatic carbocycles. The van der Waals surface area contributed by atoms with Crippen LogP contribution in [0, 0.1) is 10.1 Å². The fourth-order valence-corrected chi connectivity index (χ4v) is 2.26. The van der Waals surface area contributed by atoms with Gasteiger partial charge in [-0.05, 0) is 6.07 Å². The van der Waals surface area contributed by atoms with E-state index < -0.39 is 40.1 Å². The number of ether oxygens (including phenoxy) is 2. The Hall–Kier alpha value is -2.24. The topological polar surface area (TPSA) is 145 Å². The van der Waals surface area contributed by atoms with E-state index in [1.54, 1.807) is 4.72 Å². The molecule has 0 spiro atoms. The van der Waals surface area contributed by atoms with Crippen molar-refractivity contribution >= 4 is 22.1 Å². The zero-order valence-corrected chi connectivity index (χ0v) is 11.1. The van der Waals surface area contributed by atoms with E-state index in [4.69, 9.17) is 14.0 Å². The van der Waals surface area contributed by atoms with Gasteiger partial charge >= 0.3 is 16.5 Å². The lowest BCUT2D eigenvalue weighted by Gasteiger charge is -2.15. The number of cyclic esters (lactones) is 2. The van der Waals surface area contributed by atoms with Crippen molar-refractivity contribution in [3.8, 4) is 0 Å². The molecule has 0 aromatic heterocycles. The van der Waals surface area contributed by atoms with Gasteiger partial charge in [-0.2, -0.15) is 13.1 Å². The van der Waals surface area contributed by atoms with Crippen LogP contribution in [-0.2, 0) is 19.8 Å². The van der Waals surface area contributed by atoms with Crippen LogP contribution in [0.5, 0.6) is 0 Å². The summed E-state index contributed by atoms with van der Waals surface area (Å²) in [4.78, 5) is 21.5. The first kappa shape index (κ1) is 15.2. The Morgan fingerprint density at radius 2 is 2.00 bits per heavy atom. The van der Waals surface area contributed by atoms with Gasteiger partial charge in [0.15, 0.2) is 12.2 Å². The maximum Gasteiger partial charge on any atom is 0.509 e. The monoisotopic (exact) mass is 318 g/mol. The first-order valence-corrected chi connectivity index (χ1v) is 7.04. The largest absolute Gasteiger partial charge is 0.509 e. The minimum absolute atomic E-state index is 0.0653. The Balaban J connectivity index is 2.28. The highest BCUT2D eigenvalue weighted by Gasteiger charge is 2.41. The van der Waals surface area contributed by atoms with Gasteiger partial charge in [-0.3, -0.25) is 14.7 Å². The van der Waals surface area contributed by atoms with Crippen LogP contribution < -0.4 is 4.72 Å². The van der Waals surface area contributed by atoms with Gasteiger partial charge in [0.2, 0.25) is 0 Å². The second kappa shape index (κ2) is 5.63. The van der Waals surface area contributed by atoms with Crippen molar-refractivity contribution < 1.29 is 32.2 Å². The van der Waals surface area contributed by atoms with E-state index in [2.05, 4.69) is 0 Å². The van der Waals surface area contributed by atoms with E-state index in [-0.39, 0.29) is 11.3 Å². The molecule has 2 N–H and O–H groups in total. The number of benzene rings is 1. The summed E-state index contributed by atoms with van der Waals surface area (Å²) in [6.07, 6.45) is -3.38. The van der Waals surface area contributed by atoms with E-state index in [0.717, 1.165) is 0 Å². The predicted octanol–water partition coefficient (Wildman–Crippen LogP) is 0.564. The van der Waals surface area contributed by atoms with Crippen molar-refractivity contribution in [3.63, 3.8) is 0 Å². The lowest BCUT2D eigenvalue weighted by Crippen LogP contribution is -2.34. The summed E-state index contributed by atoms with van der Waals surface area (Å²) in [5.74, 6) is 0. The number of para-hydroxylation sites is 1. The zero-order chi connectivity index (χ0) is 15.6. The van der Waals surface area contributed by atoms with Crippen LogP contribution >= 0.6 is 0 Å². The van der Waals surface area contributed by atoms with Crippen molar-refractivity contribution in [1.82, 2.24) is 4.72 Å². The predicted molar refractivity (Wildman–Crippen MR) is 66.7 cm³/mol. The summed E-state index contributed by atoms with van der Waals surface area (Å²) in [5, 5.41) is 11.0. The second-order valence-corrected chi connectivity index (χ2v) is 5.32. The SMILES string of the molecule is O=C1OC(CNS(=O)(=O)O)C(c2ccccc2[N+](=O)[O-])O1. The summed E-state index contributed by atoms with van der Waals surface area (Å²) in [5.41, 5.74) is -0.229. The Morgan fingerprint density at radius 1 is 1.33 bits per heavy atom. The molecule has 0 amide bonds. The molecule has 10 nitrogen and oxygen atoms in total. The van der Waals surface area contributed by atoms with Crippen LogP contribution in [0.2, 0.25) is 0 Å². The van der Waals surface area contributed by atoms with Crippen molar-refractivity contribution in [2.75, 3.05) is 6.54 Å². The van der Waals surface area contributed by atoms with Gasteiger partial charge in [-0.15, -0.1) is 0 Å². The average molecular weight is 318 g/mol. The van der Waals surface area contributed by atoms with E-state index in [1.807, 2.05) is 0 Å². The molecule has 2 atom stereocenters. The molecule has 1 aliphatic heterocycles. The normalized spacial score (nSPS) is 21.7. The molecule has 2 unspecified atom stereocenters. The number of rotatable bonds is 5. The third-order valence-corrected chi connectivity index (χ3v) is 3.25. The van der Waals surface area contributed by atoms with Gasteiger partial charge in [0, 0.05) is 6.07 Å². The molecule has 0 radical (unpaired) electrons. The van der Waals surface area contributed by atoms with E-state index >= 15 is 0 Å². The van der Waals surface area contributed by atoms with Gasteiger partial charge < -0.3 is 9.47 Å². The Kier molecular flexibility index (Phi) is 4.06. The molecule has 114 valence electrons. The highest BCUT2D eigenvalue weighted by molar-refractivity contribution is 7.83. The highest BCUT2D eigenvalue weighted by Crippen LogP contribution is 2.35. The van der Waals surface area contributed by atoms with E-state index in [1.165, 1.54) is 24.3 Å². The van der Waals surface area contributed by atoms with E-state index in [0.29, 0.717) is 0 Å². The summed E-state index contributed by atoms with van der Waals surface area (Å²) < 4.78 is 41.2. The van der Waals surface area contributed by atoms with Crippen molar-refractivity contribution in [2.24, 2.45) is 0 Å². The number of hydrogen-bond acceptors (Lipinski definition) is 7. The first-order chi connectivity index (χ1) is 9.78. The first-order valence-electron chi connectivity index (χ1n) is 5.60. The number of nitrogens with one attached hydrogen (secondary N) is 1. The number of nitrogens with zero attached hydrogens (tertiary/aromatic N) is 1.